The van der Waals surface area contributed by atoms with E-state index >= 15 is 0 Å². The monoisotopic (exact) mass is 397 g/mol. The summed E-state index contributed by atoms with van der Waals surface area (Å²) in [5.41, 5.74) is 1.24. The summed E-state index contributed by atoms with van der Waals surface area (Å²) in [6.07, 6.45) is 0.772. The van der Waals surface area contributed by atoms with Crippen LogP contribution in [-0.4, -0.2) is 50.4 Å². The fourth-order valence-electron chi connectivity index (χ4n) is 2.83. The highest BCUT2D eigenvalue weighted by Gasteiger charge is 2.24. The SMILES string of the molecule is O=C(NS(=O)(=O)c1ccc(F)cc1)N1CCCN(Cc2ccsc2)CC1. The normalized spacial score (nSPS) is 16.3. The van der Waals surface area contributed by atoms with Gasteiger partial charge in [0.15, 0.2) is 0 Å². The molecule has 1 aromatic heterocycles. The molecule has 0 radical (unpaired) electrons. The van der Waals surface area contributed by atoms with Crippen molar-refractivity contribution in [2.45, 2.75) is 17.9 Å². The van der Waals surface area contributed by atoms with Gasteiger partial charge in [-0.15, -0.1) is 0 Å². The summed E-state index contributed by atoms with van der Waals surface area (Å²) in [5, 5.41) is 4.14. The lowest BCUT2D eigenvalue weighted by Crippen LogP contribution is -2.44. The van der Waals surface area contributed by atoms with Crippen molar-refractivity contribution in [1.82, 2.24) is 14.5 Å². The molecule has 3 rings (SSSR count). The van der Waals surface area contributed by atoms with E-state index in [-0.39, 0.29) is 4.90 Å². The molecule has 2 aromatic rings. The molecular formula is C17H20FN3O3S2. The summed E-state index contributed by atoms with van der Waals surface area (Å²) in [6, 6.07) is 5.80. The number of halogens is 1. The number of thiophene rings is 1. The van der Waals surface area contributed by atoms with E-state index in [0.717, 1.165) is 43.8 Å². The quantitative estimate of drug-likeness (QED) is 0.861. The van der Waals surface area contributed by atoms with Gasteiger partial charge in [-0.05, 0) is 53.1 Å². The van der Waals surface area contributed by atoms with Gasteiger partial charge in [-0.2, -0.15) is 11.3 Å². The smallest absolute Gasteiger partial charge is 0.323 e. The molecule has 1 aliphatic heterocycles. The molecule has 26 heavy (non-hydrogen) atoms. The van der Waals surface area contributed by atoms with Crippen molar-refractivity contribution >= 4 is 27.4 Å². The van der Waals surface area contributed by atoms with Crippen LogP contribution in [0.3, 0.4) is 0 Å². The molecule has 6 nitrogen and oxygen atoms in total. The summed E-state index contributed by atoms with van der Waals surface area (Å²) >= 11 is 1.65. The molecule has 9 heteroatoms. The number of hydrogen-bond donors (Lipinski definition) is 1. The molecule has 0 unspecified atom stereocenters. The van der Waals surface area contributed by atoms with Crippen molar-refractivity contribution in [3.8, 4) is 0 Å². The largest absolute Gasteiger partial charge is 0.331 e. The maximum atomic E-state index is 13.0. The highest BCUT2D eigenvalue weighted by molar-refractivity contribution is 7.90. The zero-order valence-corrected chi connectivity index (χ0v) is 15.7. The first-order valence-electron chi connectivity index (χ1n) is 8.25. The molecule has 0 atom stereocenters. The van der Waals surface area contributed by atoms with Crippen molar-refractivity contribution in [2.24, 2.45) is 0 Å². The van der Waals surface area contributed by atoms with Gasteiger partial charge < -0.3 is 4.90 Å². The Morgan fingerprint density at radius 3 is 2.58 bits per heavy atom. The number of nitrogens with one attached hydrogen (secondary N) is 1. The Labute approximate surface area is 156 Å². The summed E-state index contributed by atoms with van der Waals surface area (Å²) < 4.78 is 39.6. The summed E-state index contributed by atoms with van der Waals surface area (Å²) in [5.74, 6) is -0.534. The van der Waals surface area contributed by atoms with Gasteiger partial charge in [0.1, 0.15) is 5.82 Å². The van der Waals surface area contributed by atoms with Gasteiger partial charge in [0.25, 0.3) is 10.0 Å². The molecule has 1 aliphatic rings. The number of sulfonamides is 1. The van der Waals surface area contributed by atoms with Crippen LogP contribution >= 0.6 is 11.3 Å². The lowest BCUT2D eigenvalue weighted by Gasteiger charge is -2.22. The van der Waals surface area contributed by atoms with Gasteiger partial charge in [-0.1, -0.05) is 0 Å². The highest BCUT2D eigenvalue weighted by atomic mass is 32.2. The predicted molar refractivity (Wildman–Crippen MR) is 97.9 cm³/mol. The van der Waals surface area contributed by atoms with Crippen LogP contribution in [0.4, 0.5) is 9.18 Å². The first-order valence-corrected chi connectivity index (χ1v) is 10.7. The minimum absolute atomic E-state index is 0.138. The van der Waals surface area contributed by atoms with E-state index in [2.05, 4.69) is 21.1 Å². The molecule has 1 aromatic carbocycles. The van der Waals surface area contributed by atoms with Gasteiger partial charge >= 0.3 is 6.03 Å². The third kappa shape index (κ3) is 4.80. The molecule has 1 N–H and O–H groups in total. The maximum absolute atomic E-state index is 13.0. The molecule has 0 aliphatic carbocycles. The predicted octanol–water partition coefficient (Wildman–Crippen LogP) is 2.49. The first kappa shape index (κ1) is 18.8. The minimum atomic E-state index is -4.01. The average molecular weight is 397 g/mol. The zero-order chi connectivity index (χ0) is 18.6. The minimum Gasteiger partial charge on any atom is -0.323 e. The Bertz CT molecular complexity index is 839. The standard InChI is InChI=1S/C17H20FN3O3S2/c18-15-2-4-16(5-3-15)26(23,24)19-17(22)21-8-1-7-20(9-10-21)12-14-6-11-25-13-14/h2-6,11,13H,1,7-10,12H2,(H,19,22). The summed E-state index contributed by atoms with van der Waals surface area (Å²) in [6.45, 7) is 3.30. The highest BCUT2D eigenvalue weighted by Crippen LogP contribution is 2.13. The fourth-order valence-corrected chi connectivity index (χ4v) is 4.46. The van der Waals surface area contributed by atoms with Crippen LogP contribution in [0, 0.1) is 5.82 Å². The number of benzene rings is 1. The van der Waals surface area contributed by atoms with Crippen LogP contribution in [0.25, 0.3) is 0 Å². The van der Waals surface area contributed by atoms with Crippen LogP contribution in [0.15, 0.2) is 46.0 Å². The number of amides is 2. The van der Waals surface area contributed by atoms with Crippen LogP contribution in [-0.2, 0) is 16.6 Å². The third-order valence-electron chi connectivity index (χ3n) is 4.21. The topological polar surface area (TPSA) is 69.7 Å². The molecule has 140 valence electrons. The van der Waals surface area contributed by atoms with E-state index < -0.39 is 21.9 Å². The van der Waals surface area contributed by atoms with E-state index in [1.165, 1.54) is 10.5 Å². The van der Waals surface area contributed by atoms with E-state index in [9.17, 15) is 17.6 Å². The van der Waals surface area contributed by atoms with Gasteiger partial charge in [0.05, 0.1) is 4.90 Å². The summed E-state index contributed by atoms with van der Waals surface area (Å²) in [7, 11) is -4.01. The molecule has 1 saturated heterocycles. The molecule has 1 fully saturated rings. The molecule has 2 heterocycles. The van der Waals surface area contributed by atoms with E-state index in [0.29, 0.717) is 19.6 Å². The average Bonchev–Trinajstić information content (AvgIpc) is 2.99. The second-order valence-corrected chi connectivity index (χ2v) is 8.58. The number of hydrogen-bond acceptors (Lipinski definition) is 5. The molecule has 0 saturated carbocycles. The number of nitrogens with zero attached hydrogens (tertiary/aromatic N) is 2. The van der Waals surface area contributed by atoms with Crippen LogP contribution in [0.2, 0.25) is 0 Å². The van der Waals surface area contributed by atoms with Crippen molar-refractivity contribution in [2.75, 3.05) is 26.2 Å². The van der Waals surface area contributed by atoms with E-state index in [4.69, 9.17) is 0 Å². The van der Waals surface area contributed by atoms with Crippen molar-refractivity contribution < 1.29 is 17.6 Å². The van der Waals surface area contributed by atoms with Crippen molar-refractivity contribution in [1.29, 1.82) is 0 Å². The first-order chi connectivity index (χ1) is 12.4. The van der Waals surface area contributed by atoms with Crippen molar-refractivity contribution in [3.05, 3.63) is 52.5 Å². The molecule has 2 amide bonds. The second-order valence-electron chi connectivity index (χ2n) is 6.11. The van der Waals surface area contributed by atoms with Crippen LogP contribution in [0.5, 0.6) is 0 Å². The number of rotatable bonds is 4. The van der Waals surface area contributed by atoms with Gasteiger partial charge in [0, 0.05) is 32.7 Å². The molecular weight excluding hydrogens is 377 g/mol. The van der Waals surface area contributed by atoms with Gasteiger partial charge in [-0.25, -0.2) is 22.3 Å². The zero-order valence-electron chi connectivity index (χ0n) is 14.1. The Kier molecular flexibility index (Phi) is 5.90. The fraction of sp³-hybridized carbons (Fsp3) is 0.353. The van der Waals surface area contributed by atoms with Gasteiger partial charge in [-0.3, -0.25) is 4.90 Å². The Hall–Kier alpha value is -1.97. The lowest BCUT2D eigenvalue weighted by atomic mass is 10.3. The van der Waals surface area contributed by atoms with E-state index in [1.807, 2.05) is 5.38 Å². The van der Waals surface area contributed by atoms with Crippen LogP contribution < -0.4 is 4.72 Å². The Morgan fingerprint density at radius 1 is 1.12 bits per heavy atom. The van der Waals surface area contributed by atoms with Crippen molar-refractivity contribution in [3.63, 3.8) is 0 Å². The van der Waals surface area contributed by atoms with Gasteiger partial charge in [0.2, 0.25) is 0 Å². The maximum Gasteiger partial charge on any atom is 0.331 e. The Morgan fingerprint density at radius 2 is 1.88 bits per heavy atom. The molecule has 0 spiro atoms. The number of urea groups is 1. The lowest BCUT2D eigenvalue weighted by molar-refractivity contribution is 0.203. The Balaban J connectivity index is 1.58. The molecule has 0 bridgehead atoms. The number of carbonyl (C=O) groups is 1. The second kappa shape index (κ2) is 8.15. The van der Waals surface area contributed by atoms with Crippen LogP contribution in [0.1, 0.15) is 12.0 Å². The third-order valence-corrected chi connectivity index (χ3v) is 6.28. The van der Waals surface area contributed by atoms with E-state index in [1.54, 1.807) is 11.3 Å². The number of carbonyl (C=O) groups excluding carboxylic acids is 1. The summed E-state index contributed by atoms with van der Waals surface area (Å²) in [4.78, 5) is 16.0.